The largest absolute Gasteiger partial charge is 0.310 e. The second-order valence-electron chi connectivity index (χ2n) is 4.64. The molecule has 1 unspecified atom stereocenters. The van der Waals surface area contributed by atoms with E-state index in [1.54, 1.807) is 5.57 Å². The summed E-state index contributed by atoms with van der Waals surface area (Å²) in [7, 11) is 0. The molecule has 0 aromatic heterocycles. The summed E-state index contributed by atoms with van der Waals surface area (Å²) >= 11 is 0. The fraction of sp³-hybridized carbons (Fsp3) is 0.857. The number of likely N-dealkylation sites (N-methyl/N-ethyl adjacent to an activating group) is 1. The molecular weight excluding hydrogens is 182 g/mol. The van der Waals surface area contributed by atoms with E-state index in [1.165, 1.54) is 38.5 Å². The van der Waals surface area contributed by atoms with Crippen LogP contribution in [0.15, 0.2) is 11.6 Å². The van der Waals surface area contributed by atoms with Gasteiger partial charge in [0.15, 0.2) is 0 Å². The van der Waals surface area contributed by atoms with Crippen LogP contribution in [0.25, 0.3) is 0 Å². The molecule has 0 heterocycles. The van der Waals surface area contributed by atoms with Crippen molar-refractivity contribution >= 4 is 0 Å². The van der Waals surface area contributed by atoms with Gasteiger partial charge >= 0.3 is 0 Å². The molecule has 1 N–H and O–H groups in total. The zero-order chi connectivity index (χ0) is 11.1. The molecule has 0 amide bonds. The molecule has 0 fully saturated rings. The zero-order valence-corrected chi connectivity index (χ0v) is 10.7. The maximum Gasteiger partial charge on any atom is 0.0307 e. The first-order chi connectivity index (χ1) is 7.33. The summed E-state index contributed by atoms with van der Waals surface area (Å²) in [4.78, 5) is 0. The summed E-state index contributed by atoms with van der Waals surface area (Å²) in [6, 6.07) is 0.658. The first-order valence-electron chi connectivity index (χ1n) is 6.75. The highest BCUT2D eigenvalue weighted by Gasteiger charge is 2.22. The van der Waals surface area contributed by atoms with Crippen LogP contribution in [0.4, 0.5) is 0 Å². The first kappa shape index (κ1) is 12.8. The number of hydrogen-bond acceptors (Lipinski definition) is 1. The van der Waals surface area contributed by atoms with Gasteiger partial charge in [-0.05, 0) is 38.1 Å². The molecule has 1 heteroatoms. The average molecular weight is 209 g/mol. The Labute approximate surface area is 95.3 Å². The molecule has 1 aliphatic carbocycles. The molecule has 88 valence electrons. The van der Waals surface area contributed by atoms with Crippen molar-refractivity contribution in [1.29, 1.82) is 0 Å². The predicted molar refractivity (Wildman–Crippen MR) is 68.1 cm³/mol. The molecule has 0 saturated carbocycles. The van der Waals surface area contributed by atoms with Crippen molar-refractivity contribution in [3.05, 3.63) is 11.6 Å². The monoisotopic (exact) mass is 209 g/mol. The Morgan fingerprint density at radius 2 is 1.93 bits per heavy atom. The van der Waals surface area contributed by atoms with Crippen molar-refractivity contribution in [3.63, 3.8) is 0 Å². The minimum absolute atomic E-state index is 0.658. The van der Waals surface area contributed by atoms with Crippen molar-refractivity contribution in [2.45, 2.75) is 65.3 Å². The van der Waals surface area contributed by atoms with E-state index in [1.807, 2.05) is 0 Å². The lowest BCUT2D eigenvalue weighted by molar-refractivity contribution is 0.363. The Morgan fingerprint density at radius 3 is 2.40 bits per heavy atom. The standard InChI is InChI=1S/C14H27N/c1-4-12(5-2)14(15-6-3)13-10-8-7-9-11-13/h10,12,14-15H,4-9,11H2,1-3H3. The van der Waals surface area contributed by atoms with Crippen molar-refractivity contribution in [2.75, 3.05) is 6.54 Å². The topological polar surface area (TPSA) is 12.0 Å². The molecule has 0 aromatic carbocycles. The van der Waals surface area contributed by atoms with E-state index in [0.717, 1.165) is 12.5 Å². The van der Waals surface area contributed by atoms with Crippen LogP contribution in [0, 0.1) is 5.92 Å². The van der Waals surface area contributed by atoms with Gasteiger partial charge < -0.3 is 5.32 Å². The molecule has 0 radical (unpaired) electrons. The third-order valence-electron chi connectivity index (χ3n) is 3.67. The van der Waals surface area contributed by atoms with Gasteiger partial charge in [0.25, 0.3) is 0 Å². The molecule has 15 heavy (non-hydrogen) atoms. The lowest BCUT2D eigenvalue weighted by Gasteiger charge is -2.30. The normalized spacial score (nSPS) is 19.1. The van der Waals surface area contributed by atoms with Crippen LogP contribution in [0.2, 0.25) is 0 Å². The summed E-state index contributed by atoms with van der Waals surface area (Å²) in [5.41, 5.74) is 1.69. The van der Waals surface area contributed by atoms with Gasteiger partial charge in [-0.2, -0.15) is 0 Å². The van der Waals surface area contributed by atoms with Gasteiger partial charge in [0.2, 0.25) is 0 Å². The molecule has 1 rings (SSSR count). The second-order valence-corrected chi connectivity index (χ2v) is 4.64. The summed E-state index contributed by atoms with van der Waals surface area (Å²) in [5.74, 6) is 0.828. The Balaban J connectivity index is 2.66. The minimum atomic E-state index is 0.658. The van der Waals surface area contributed by atoms with Crippen LogP contribution in [-0.4, -0.2) is 12.6 Å². The Hall–Kier alpha value is -0.300. The van der Waals surface area contributed by atoms with Crippen LogP contribution in [0.3, 0.4) is 0 Å². The molecule has 0 aromatic rings. The smallest absolute Gasteiger partial charge is 0.0307 e. The van der Waals surface area contributed by atoms with E-state index < -0.39 is 0 Å². The molecular formula is C14H27N. The molecule has 0 aliphatic heterocycles. The first-order valence-corrected chi connectivity index (χ1v) is 6.75. The second kappa shape index (κ2) is 7.05. The molecule has 1 atom stereocenters. The quantitative estimate of drug-likeness (QED) is 0.654. The van der Waals surface area contributed by atoms with Gasteiger partial charge in [0, 0.05) is 6.04 Å². The molecule has 0 saturated heterocycles. The maximum atomic E-state index is 3.69. The van der Waals surface area contributed by atoms with Gasteiger partial charge in [-0.15, -0.1) is 0 Å². The van der Waals surface area contributed by atoms with E-state index in [9.17, 15) is 0 Å². The number of hydrogen-bond donors (Lipinski definition) is 1. The summed E-state index contributed by atoms with van der Waals surface area (Å²) < 4.78 is 0. The Morgan fingerprint density at radius 1 is 1.20 bits per heavy atom. The number of nitrogens with one attached hydrogen (secondary N) is 1. The highest BCUT2D eigenvalue weighted by Crippen LogP contribution is 2.27. The predicted octanol–water partition coefficient (Wildman–Crippen LogP) is 3.90. The van der Waals surface area contributed by atoms with E-state index in [0.29, 0.717) is 6.04 Å². The van der Waals surface area contributed by atoms with Crippen molar-refractivity contribution in [1.82, 2.24) is 5.32 Å². The van der Waals surface area contributed by atoms with Gasteiger partial charge in [0.1, 0.15) is 0 Å². The van der Waals surface area contributed by atoms with E-state index in [4.69, 9.17) is 0 Å². The molecule has 0 spiro atoms. The van der Waals surface area contributed by atoms with Crippen molar-refractivity contribution in [3.8, 4) is 0 Å². The van der Waals surface area contributed by atoms with Gasteiger partial charge in [-0.25, -0.2) is 0 Å². The Bertz CT molecular complexity index is 192. The van der Waals surface area contributed by atoms with Gasteiger partial charge in [-0.3, -0.25) is 0 Å². The Kier molecular flexibility index (Phi) is 6.00. The summed E-state index contributed by atoms with van der Waals surface area (Å²) in [5, 5.41) is 3.69. The van der Waals surface area contributed by atoms with Crippen molar-refractivity contribution in [2.24, 2.45) is 5.92 Å². The van der Waals surface area contributed by atoms with Crippen LogP contribution in [0.5, 0.6) is 0 Å². The van der Waals surface area contributed by atoms with E-state index in [2.05, 4.69) is 32.2 Å². The van der Waals surface area contributed by atoms with E-state index >= 15 is 0 Å². The van der Waals surface area contributed by atoms with E-state index in [-0.39, 0.29) is 0 Å². The molecule has 1 nitrogen and oxygen atoms in total. The molecule has 0 bridgehead atoms. The minimum Gasteiger partial charge on any atom is -0.310 e. The van der Waals surface area contributed by atoms with Crippen LogP contribution in [-0.2, 0) is 0 Å². The van der Waals surface area contributed by atoms with Crippen LogP contribution < -0.4 is 5.32 Å². The average Bonchev–Trinajstić information content (AvgIpc) is 2.30. The fourth-order valence-corrected chi connectivity index (χ4v) is 2.73. The third-order valence-corrected chi connectivity index (χ3v) is 3.67. The van der Waals surface area contributed by atoms with Crippen LogP contribution >= 0.6 is 0 Å². The maximum absolute atomic E-state index is 3.69. The highest BCUT2D eigenvalue weighted by atomic mass is 14.9. The number of allylic oxidation sites excluding steroid dienone is 1. The fourth-order valence-electron chi connectivity index (χ4n) is 2.73. The summed E-state index contributed by atoms with van der Waals surface area (Å²) in [6.07, 6.45) is 10.5. The molecule has 1 aliphatic rings. The zero-order valence-electron chi connectivity index (χ0n) is 10.7. The lowest BCUT2D eigenvalue weighted by atomic mass is 9.84. The summed E-state index contributed by atoms with van der Waals surface area (Å²) in [6.45, 7) is 7.96. The lowest BCUT2D eigenvalue weighted by Crippen LogP contribution is -2.37. The number of rotatable bonds is 6. The third kappa shape index (κ3) is 3.64. The van der Waals surface area contributed by atoms with Gasteiger partial charge in [-0.1, -0.05) is 45.3 Å². The highest BCUT2D eigenvalue weighted by molar-refractivity contribution is 5.14. The van der Waals surface area contributed by atoms with Gasteiger partial charge in [0.05, 0.1) is 0 Å². The van der Waals surface area contributed by atoms with Crippen LogP contribution in [0.1, 0.15) is 59.3 Å². The van der Waals surface area contributed by atoms with Crippen molar-refractivity contribution < 1.29 is 0 Å². The SMILES string of the molecule is CCNC(C1=CCCCC1)C(CC)CC.